The summed E-state index contributed by atoms with van der Waals surface area (Å²) in [4.78, 5) is 5.05. The van der Waals surface area contributed by atoms with E-state index in [1.165, 1.54) is 65.5 Å². The predicted octanol–water partition coefficient (Wildman–Crippen LogP) is 9.42. The third-order valence-corrected chi connectivity index (χ3v) is 18.4. The Kier molecular flexibility index (Phi) is 7.72. The minimum atomic E-state index is -2.35. The molecule has 228 valence electrons. The third-order valence-electron chi connectivity index (χ3n) is 10.2. The molecule has 0 fully saturated rings. The summed E-state index contributed by atoms with van der Waals surface area (Å²) in [6.07, 6.45) is 0. The molecule has 0 radical (unpaired) electrons. The average Bonchev–Trinajstić information content (AvgIpc) is 3.06. The number of fused-ring (bicyclic) bond motifs is 6. The molecule has 0 saturated carbocycles. The van der Waals surface area contributed by atoms with Crippen LogP contribution in [-0.2, 0) is 0 Å². The summed E-state index contributed by atoms with van der Waals surface area (Å²) < 4.78 is 0. The Morgan fingerprint density at radius 1 is 0.489 bits per heavy atom. The van der Waals surface area contributed by atoms with Gasteiger partial charge in [0.05, 0.1) is 0 Å². The Bertz CT molecular complexity index is 2050. The molecule has 1 heterocycles. The van der Waals surface area contributed by atoms with Gasteiger partial charge in [-0.3, -0.25) is 0 Å². The van der Waals surface area contributed by atoms with Gasteiger partial charge < -0.3 is 0 Å². The van der Waals surface area contributed by atoms with E-state index in [9.17, 15) is 0 Å². The molecular formula is C41H44N2P2. The first-order chi connectivity index (χ1) is 21.7. The van der Waals surface area contributed by atoms with Gasteiger partial charge in [0, 0.05) is 0 Å². The van der Waals surface area contributed by atoms with Gasteiger partial charge in [0.1, 0.15) is 0 Å². The fourth-order valence-electron chi connectivity index (χ4n) is 7.47. The zero-order valence-corrected chi connectivity index (χ0v) is 29.4. The normalized spacial score (nSPS) is 16.9. The second kappa shape index (κ2) is 11.6. The van der Waals surface area contributed by atoms with E-state index in [1.807, 2.05) is 0 Å². The summed E-state index contributed by atoms with van der Waals surface area (Å²) >= 11 is 0. The van der Waals surface area contributed by atoms with Crippen LogP contribution >= 0.6 is 15.2 Å². The van der Waals surface area contributed by atoms with Crippen LogP contribution in [0.25, 0.3) is 21.5 Å². The van der Waals surface area contributed by atoms with Crippen molar-refractivity contribution in [2.24, 2.45) is 0 Å². The molecule has 4 heteroatoms. The van der Waals surface area contributed by atoms with E-state index in [1.54, 1.807) is 0 Å². The Balaban J connectivity index is 1.68. The summed E-state index contributed by atoms with van der Waals surface area (Å²) in [5, 5.41) is 11.1. The maximum atomic E-state index is 2.60. The number of hydrogen-bond acceptors (Lipinski definition) is 2. The maximum absolute atomic E-state index is 2.60. The van der Waals surface area contributed by atoms with Crippen molar-refractivity contribution in [3.63, 3.8) is 0 Å². The van der Waals surface area contributed by atoms with Crippen LogP contribution in [0, 0.1) is 0 Å². The summed E-state index contributed by atoms with van der Waals surface area (Å²) in [5.74, 6) is 0. The standard InChI is InChI=1S/C41H44N2P2/c1-28(2)44-38-22-14-12-20-34(38)42(5)35-21-13-15-23-40(35)45(7,29(3)4)41-27-33-19-11-9-17-31(33)25-37(41)43(6)36-24-30-16-8-10-18-32(30)26-39(36)44/h8-29,45H,1-7H3. The molecule has 1 atom stereocenters. The van der Waals surface area contributed by atoms with E-state index in [0.717, 1.165) is 0 Å². The second-order valence-electron chi connectivity index (χ2n) is 13.3. The van der Waals surface area contributed by atoms with Crippen molar-refractivity contribution >= 4 is 80.7 Å². The molecule has 45 heavy (non-hydrogen) atoms. The van der Waals surface area contributed by atoms with Gasteiger partial charge in [-0.05, 0) is 0 Å². The molecule has 0 spiro atoms. The first-order valence-electron chi connectivity index (χ1n) is 16.2. The molecule has 0 amide bonds. The molecule has 0 aliphatic carbocycles. The quantitative estimate of drug-likeness (QED) is 0.177. The van der Waals surface area contributed by atoms with Gasteiger partial charge in [0.2, 0.25) is 0 Å². The summed E-state index contributed by atoms with van der Waals surface area (Å²) in [5.41, 5.74) is 6.21. The van der Waals surface area contributed by atoms with E-state index in [-0.39, 0.29) is 0 Å². The number of para-hydroxylation sites is 2. The van der Waals surface area contributed by atoms with Crippen LogP contribution in [0.1, 0.15) is 27.7 Å². The summed E-state index contributed by atoms with van der Waals surface area (Å²) in [6.45, 7) is 12.3. The molecule has 0 saturated heterocycles. The van der Waals surface area contributed by atoms with Crippen molar-refractivity contribution in [1.82, 2.24) is 0 Å². The Labute approximate surface area is 270 Å². The average molecular weight is 627 g/mol. The number of rotatable bonds is 2. The Morgan fingerprint density at radius 2 is 0.978 bits per heavy atom. The van der Waals surface area contributed by atoms with E-state index >= 15 is 0 Å². The van der Waals surface area contributed by atoms with E-state index in [0.29, 0.717) is 11.3 Å². The van der Waals surface area contributed by atoms with Crippen LogP contribution in [0.3, 0.4) is 0 Å². The summed E-state index contributed by atoms with van der Waals surface area (Å²) in [7, 11) is 1.56. The molecule has 2 nitrogen and oxygen atoms in total. The first-order valence-corrected chi connectivity index (χ1v) is 20.2. The van der Waals surface area contributed by atoms with Gasteiger partial charge in [0.15, 0.2) is 0 Å². The summed E-state index contributed by atoms with van der Waals surface area (Å²) in [6, 6.07) is 46.2. The number of benzene rings is 6. The molecular weight excluding hydrogens is 582 g/mol. The zero-order chi connectivity index (χ0) is 31.5. The van der Waals surface area contributed by atoms with E-state index < -0.39 is 15.2 Å². The second-order valence-corrected chi connectivity index (χ2v) is 20.7. The molecule has 1 aliphatic rings. The van der Waals surface area contributed by atoms with Crippen molar-refractivity contribution < 1.29 is 0 Å². The molecule has 6 aromatic carbocycles. The van der Waals surface area contributed by atoms with Gasteiger partial charge in [-0.15, -0.1) is 0 Å². The van der Waals surface area contributed by atoms with Crippen molar-refractivity contribution in [3.05, 3.63) is 121 Å². The van der Waals surface area contributed by atoms with Gasteiger partial charge in [0.25, 0.3) is 0 Å². The monoisotopic (exact) mass is 626 g/mol. The van der Waals surface area contributed by atoms with Crippen LogP contribution in [0.2, 0.25) is 0 Å². The van der Waals surface area contributed by atoms with Crippen LogP contribution in [-0.4, -0.2) is 32.1 Å². The Hall–Kier alpha value is -3.70. The molecule has 7 rings (SSSR count). The van der Waals surface area contributed by atoms with Gasteiger partial charge in [-0.2, -0.15) is 0 Å². The number of nitrogens with zero attached hydrogens (tertiary/aromatic N) is 2. The van der Waals surface area contributed by atoms with Crippen LogP contribution in [0.4, 0.5) is 22.7 Å². The molecule has 0 bridgehead atoms. The molecule has 1 unspecified atom stereocenters. The molecule has 0 N–H and O–H groups in total. The molecule has 6 aromatic rings. The third kappa shape index (κ3) is 4.86. The van der Waals surface area contributed by atoms with Crippen molar-refractivity contribution in [2.45, 2.75) is 39.0 Å². The Morgan fingerprint density at radius 3 is 1.60 bits per heavy atom. The zero-order valence-electron chi connectivity index (χ0n) is 27.5. The van der Waals surface area contributed by atoms with Gasteiger partial charge >= 0.3 is 272 Å². The van der Waals surface area contributed by atoms with Crippen molar-refractivity contribution in [2.75, 3.05) is 30.6 Å². The van der Waals surface area contributed by atoms with E-state index in [4.69, 9.17) is 0 Å². The van der Waals surface area contributed by atoms with Crippen LogP contribution in [0.15, 0.2) is 121 Å². The SMILES string of the molecule is CC(C)P1c2ccccc2N(C)c2ccccc2[PH](C)(C(C)C)c2cc3ccccc3cc2N(C)c2cc3ccccc3cc21. The first kappa shape index (κ1) is 30.0. The fraction of sp³-hybridized carbons (Fsp3) is 0.220. The van der Waals surface area contributed by atoms with Gasteiger partial charge in [-0.1, -0.05) is 0 Å². The molecule has 1 aliphatic heterocycles. The topological polar surface area (TPSA) is 6.48 Å². The van der Waals surface area contributed by atoms with Crippen molar-refractivity contribution in [3.8, 4) is 0 Å². The predicted molar refractivity (Wildman–Crippen MR) is 207 cm³/mol. The number of hydrogen-bond donors (Lipinski definition) is 0. The molecule has 0 aromatic heterocycles. The minimum absolute atomic E-state index is 0.451. The van der Waals surface area contributed by atoms with Crippen LogP contribution < -0.4 is 31.0 Å². The van der Waals surface area contributed by atoms with E-state index in [2.05, 4.69) is 180 Å². The van der Waals surface area contributed by atoms with Crippen LogP contribution in [0.5, 0.6) is 0 Å². The fourth-order valence-corrected chi connectivity index (χ4v) is 14.3. The van der Waals surface area contributed by atoms with Gasteiger partial charge in [-0.25, -0.2) is 0 Å². The number of anilines is 4. The van der Waals surface area contributed by atoms with Crippen molar-refractivity contribution in [1.29, 1.82) is 0 Å².